The summed E-state index contributed by atoms with van der Waals surface area (Å²) in [5.74, 6) is -1.27. The zero-order valence-electron chi connectivity index (χ0n) is 11.7. The van der Waals surface area contributed by atoms with Crippen LogP contribution in [0.5, 0.6) is 0 Å². The molecule has 0 saturated carbocycles. The van der Waals surface area contributed by atoms with E-state index in [2.05, 4.69) is 20.8 Å². The molecule has 102 valence electrons. The van der Waals surface area contributed by atoms with E-state index in [1.807, 2.05) is 6.92 Å². The van der Waals surface area contributed by atoms with E-state index in [4.69, 9.17) is 5.11 Å². The maximum absolute atomic E-state index is 12.1. The molecule has 0 aliphatic carbocycles. The predicted molar refractivity (Wildman–Crippen MR) is 70.2 cm³/mol. The van der Waals surface area contributed by atoms with Crippen molar-refractivity contribution in [2.24, 2.45) is 11.3 Å². The first-order valence-corrected chi connectivity index (χ1v) is 6.42. The molecule has 0 unspecified atom stereocenters. The fraction of sp³-hybridized carbons (Fsp3) is 0.714. The van der Waals surface area contributed by atoms with Crippen molar-refractivity contribution in [1.82, 2.24) is 4.90 Å². The van der Waals surface area contributed by atoms with Crippen LogP contribution >= 0.6 is 0 Å². The number of likely N-dealkylation sites (tertiary alicyclic amines) is 1. The Labute approximate surface area is 109 Å². The van der Waals surface area contributed by atoms with Crippen molar-refractivity contribution >= 4 is 11.9 Å². The third-order valence-corrected chi connectivity index (χ3v) is 3.61. The number of hydrogen-bond donors (Lipinski definition) is 1. The Kier molecular flexibility index (Phi) is 4.54. The van der Waals surface area contributed by atoms with E-state index in [-0.39, 0.29) is 11.3 Å². The second kappa shape index (κ2) is 5.55. The summed E-state index contributed by atoms with van der Waals surface area (Å²) >= 11 is 0. The summed E-state index contributed by atoms with van der Waals surface area (Å²) in [4.78, 5) is 24.7. The van der Waals surface area contributed by atoms with Gasteiger partial charge in [-0.25, -0.2) is 0 Å². The van der Waals surface area contributed by atoms with Crippen molar-refractivity contribution in [3.63, 3.8) is 0 Å². The third kappa shape index (κ3) is 3.86. The zero-order chi connectivity index (χ0) is 13.9. The van der Waals surface area contributed by atoms with Crippen molar-refractivity contribution in [1.29, 1.82) is 0 Å². The number of nitrogens with zero attached hydrogens (tertiary/aromatic N) is 1. The van der Waals surface area contributed by atoms with Crippen molar-refractivity contribution in [3.05, 3.63) is 11.6 Å². The van der Waals surface area contributed by atoms with Crippen LogP contribution in [-0.4, -0.2) is 35.0 Å². The molecule has 1 rings (SSSR count). The Morgan fingerprint density at radius 2 is 1.94 bits per heavy atom. The van der Waals surface area contributed by atoms with E-state index < -0.39 is 11.9 Å². The van der Waals surface area contributed by atoms with E-state index in [9.17, 15) is 9.59 Å². The smallest absolute Gasteiger partial charge is 0.308 e. The molecular weight excluding hydrogens is 230 g/mol. The fourth-order valence-electron chi connectivity index (χ4n) is 1.87. The SMILES string of the molecule is C/C(=C/C(=O)N1CCC[C@H](C(=O)O)C1)C(C)(C)C. The largest absolute Gasteiger partial charge is 0.481 e. The Hall–Kier alpha value is -1.32. The number of carbonyl (C=O) groups is 2. The van der Waals surface area contributed by atoms with E-state index in [1.165, 1.54) is 0 Å². The number of piperidine rings is 1. The van der Waals surface area contributed by atoms with Gasteiger partial charge >= 0.3 is 5.97 Å². The second-order valence-corrected chi connectivity index (χ2v) is 6.04. The highest BCUT2D eigenvalue weighted by Crippen LogP contribution is 2.25. The number of aliphatic carboxylic acids is 1. The molecule has 1 saturated heterocycles. The Balaban J connectivity index is 2.70. The first-order chi connectivity index (χ1) is 8.21. The number of amides is 1. The maximum atomic E-state index is 12.1. The third-order valence-electron chi connectivity index (χ3n) is 3.61. The van der Waals surface area contributed by atoms with Gasteiger partial charge in [-0.3, -0.25) is 9.59 Å². The zero-order valence-corrected chi connectivity index (χ0v) is 11.7. The highest BCUT2D eigenvalue weighted by molar-refractivity contribution is 5.89. The summed E-state index contributed by atoms with van der Waals surface area (Å²) in [6.07, 6.45) is 3.08. The molecule has 0 aromatic carbocycles. The first-order valence-electron chi connectivity index (χ1n) is 6.42. The molecular formula is C14H23NO3. The molecule has 1 aliphatic heterocycles. The van der Waals surface area contributed by atoms with Gasteiger partial charge in [-0.15, -0.1) is 0 Å². The lowest BCUT2D eigenvalue weighted by Crippen LogP contribution is -2.41. The molecule has 1 fully saturated rings. The van der Waals surface area contributed by atoms with Crippen molar-refractivity contribution in [2.45, 2.75) is 40.5 Å². The normalized spacial score (nSPS) is 21.9. The number of carboxylic acids is 1. The van der Waals surface area contributed by atoms with Gasteiger partial charge in [0.25, 0.3) is 0 Å². The molecule has 1 atom stereocenters. The fourth-order valence-corrected chi connectivity index (χ4v) is 1.87. The molecule has 0 radical (unpaired) electrons. The summed E-state index contributed by atoms with van der Waals surface area (Å²) in [6.45, 7) is 9.11. The van der Waals surface area contributed by atoms with Gasteiger partial charge in [0.2, 0.25) is 5.91 Å². The Morgan fingerprint density at radius 1 is 1.33 bits per heavy atom. The van der Waals surface area contributed by atoms with Crippen LogP contribution in [0.1, 0.15) is 40.5 Å². The second-order valence-electron chi connectivity index (χ2n) is 6.04. The molecule has 0 aromatic rings. The summed E-state index contributed by atoms with van der Waals surface area (Å²) in [7, 11) is 0. The first kappa shape index (κ1) is 14.7. The number of carbonyl (C=O) groups excluding carboxylic acids is 1. The molecule has 1 amide bonds. The average molecular weight is 253 g/mol. The standard InChI is InChI=1S/C14H23NO3/c1-10(14(2,3)4)8-12(16)15-7-5-6-11(9-15)13(17)18/h8,11H,5-7,9H2,1-4H3,(H,17,18)/b10-8-/t11-/m0/s1. The summed E-state index contributed by atoms with van der Waals surface area (Å²) in [6, 6.07) is 0. The topological polar surface area (TPSA) is 57.6 Å². The minimum atomic E-state index is -0.802. The van der Waals surface area contributed by atoms with Crippen LogP contribution in [0.4, 0.5) is 0 Å². The molecule has 18 heavy (non-hydrogen) atoms. The summed E-state index contributed by atoms with van der Waals surface area (Å²) in [5, 5.41) is 9.00. The van der Waals surface area contributed by atoms with Crippen LogP contribution in [0, 0.1) is 11.3 Å². The molecule has 4 heteroatoms. The highest BCUT2D eigenvalue weighted by atomic mass is 16.4. The van der Waals surface area contributed by atoms with Gasteiger partial charge in [0.05, 0.1) is 5.92 Å². The average Bonchev–Trinajstić information content (AvgIpc) is 2.27. The summed E-state index contributed by atoms with van der Waals surface area (Å²) < 4.78 is 0. The number of hydrogen-bond acceptors (Lipinski definition) is 2. The molecule has 4 nitrogen and oxygen atoms in total. The van der Waals surface area contributed by atoms with Crippen molar-refractivity contribution in [3.8, 4) is 0 Å². The number of rotatable bonds is 2. The van der Waals surface area contributed by atoms with Crippen LogP contribution in [0.15, 0.2) is 11.6 Å². The Bertz CT molecular complexity index is 366. The van der Waals surface area contributed by atoms with Crippen LogP contribution < -0.4 is 0 Å². The lowest BCUT2D eigenvalue weighted by Gasteiger charge is -2.30. The Morgan fingerprint density at radius 3 is 2.44 bits per heavy atom. The van der Waals surface area contributed by atoms with Crippen LogP contribution in [0.25, 0.3) is 0 Å². The molecule has 0 bridgehead atoms. The van der Waals surface area contributed by atoms with Crippen LogP contribution in [0.2, 0.25) is 0 Å². The van der Waals surface area contributed by atoms with Gasteiger partial charge in [-0.05, 0) is 25.2 Å². The van der Waals surface area contributed by atoms with Gasteiger partial charge < -0.3 is 10.0 Å². The molecule has 1 heterocycles. The van der Waals surface area contributed by atoms with Crippen LogP contribution in [-0.2, 0) is 9.59 Å². The molecule has 0 aromatic heterocycles. The number of carboxylic acid groups (broad SMARTS) is 1. The van der Waals surface area contributed by atoms with Crippen molar-refractivity contribution in [2.75, 3.05) is 13.1 Å². The van der Waals surface area contributed by atoms with Gasteiger partial charge in [0.15, 0.2) is 0 Å². The van der Waals surface area contributed by atoms with Gasteiger partial charge in [0, 0.05) is 19.2 Å². The lowest BCUT2D eigenvalue weighted by molar-refractivity contribution is -0.144. The van der Waals surface area contributed by atoms with Gasteiger partial charge in [-0.1, -0.05) is 26.3 Å². The maximum Gasteiger partial charge on any atom is 0.308 e. The number of allylic oxidation sites excluding steroid dienone is 1. The van der Waals surface area contributed by atoms with E-state index in [0.29, 0.717) is 19.5 Å². The minimum absolute atomic E-state index is 0.0301. The van der Waals surface area contributed by atoms with Crippen molar-refractivity contribution < 1.29 is 14.7 Å². The van der Waals surface area contributed by atoms with Crippen LogP contribution in [0.3, 0.4) is 0 Å². The van der Waals surface area contributed by atoms with E-state index in [1.54, 1.807) is 11.0 Å². The van der Waals surface area contributed by atoms with E-state index >= 15 is 0 Å². The molecule has 1 N–H and O–H groups in total. The monoisotopic (exact) mass is 253 g/mol. The quantitative estimate of drug-likeness (QED) is 0.768. The molecule has 1 aliphatic rings. The van der Waals surface area contributed by atoms with Gasteiger partial charge in [-0.2, -0.15) is 0 Å². The highest BCUT2D eigenvalue weighted by Gasteiger charge is 2.27. The van der Waals surface area contributed by atoms with E-state index in [0.717, 1.165) is 12.0 Å². The summed E-state index contributed by atoms with van der Waals surface area (Å²) in [5.41, 5.74) is 0.988. The minimum Gasteiger partial charge on any atom is -0.481 e. The predicted octanol–water partition coefficient (Wildman–Crippen LogP) is 2.30. The van der Waals surface area contributed by atoms with Gasteiger partial charge in [0.1, 0.15) is 0 Å². The lowest BCUT2D eigenvalue weighted by atomic mass is 9.87. The molecule has 0 spiro atoms.